The fourth-order valence-electron chi connectivity index (χ4n) is 6.62. The fourth-order valence-corrected chi connectivity index (χ4v) is 6.62. The maximum Gasteiger partial charge on any atom is 0.143 e. The van der Waals surface area contributed by atoms with Gasteiger partial charge in [-0.1, -0.05) is 109 Å². The quantitative estimate of drug-likeness (QED) is 0.233. The standard InChI is InChI=1S/C38H22O/c1-2-9-29-28(8-1)32-12-5-7-25-21-26(22-35(29)37(25)32)23-15-17-24(18-16-23)27-11-6-13-33-30(27)19-20-34-31-10-3-4-14-36(31)39-38(33)34/h1-22H. The van der Waals surface area contributed by atoms with E-state index in [1.165, 1.54) is 66.1 Å². The van der Waals surface area contributed by atoms with Crippen molar-refractivity contribution < 1.29 is 4.42 Å². The van der Waals surface area contributed by atoms with Crippen LogP contribution in [0, 0.1) is 0 Å². The first-order chi connectivity index (χ1) is 19.3. The predicted octanol–water partition coefficient (Wildman–Crippen LogP) is 10.9. The Balaban J connectivity index is 1.18. The molecule has 0 saturated carbocycles. The first-order valence-corrected chi connectivity index (χ1v) is 13.4. The molecule has 39 heavy (non-hydrogen) atoms. The summed E-state index contributed by atoms with van der Waals surface area (Å²) in [6.45, 7) is 0. The molecule has 1 heterocycles. The lowest BCUT2D eigenvalue weighted by molar-refractivity contribution is 0.672. The van der Waals surface area contributed by atoms with Crippen molar-refractivity contribution >= 4 is 43.5 Å². The average Bonchev–Trinajstić information content (AvgIpc) is 3.54. The van der Waals surface area contributed by atoms with Crippen LogP contribution < -0.4 is 0 Å². The third-order valence-corrected chi connectivity index (χ3v) is 8.41. The Morgan fingerprint density at radius 2 is 1.00 bits per heavy atom. The molecule has 0 amide bonds. The van der Waals surface area contributed by atoms with Crippen LogP contribution >= 0.6 is 0 Å². The van der Waals surface area contributed by atoms with Gasteiger partial charge in [-0.3, -0.25) is 0 Å². The van der Waals surface area contributed by atoms with Crippen molar-refractivity contribution in [2.24, 2.45) is 0 Å². The second-order valence-electron chi connectivity index (χ2n) is 10.5. The van der Waals surface area contributed by atoms with Crippen molar-refractivity contribution in [3.63, 3.8) is 0 Å². The molecule has 0 unspecified atom stereocenters. The lowest BCUT2D eigenvalue weighted by Gasteiger charge is -2.11. The minimum absolute atomic E-state index is 0.934. The Kier molecular flexibility index (Phi) is 4.11. The van der Waals surface area contributed by atoms with Gasteiger partial charge < -0.3 is 4.42 Å². The largest absolute Gasteiger partial charge is 0.455 e. The molecule has 8 aromatic rings. The van der Waals surface area contributed by atoms with Gasteiger partial charge in [0.05, 0.1) is 0 Å². The van der Waals surface area contributed by atoms with E-state index < -0.39 is 0 Å². The van der Waals surface area contributed by atoms with Crippen LogP contribution in [0.1, 0.15) is 0 Å². The number of furan rings is 1. The number of hydrogen-bond acceptors (Lipinski definition) is 1. The number of hydrogen-bond donors (Lipinski definition) is 0. The van der Waals surface area contributed by atoms with E-state index in [0.29, 0.717) is 0 Å². The molecule has 1 heteroatoms. The second kappa shape index (κ2) is 7.69. The molecule has 0 saturated heterocycles. The van der Waals surface area contributed by atoms with Gasteiger partial charge in [0.25, 0.3) is 0 Å². The molecule has 7 aromatic carbocycles. The van der Waals surface area contributed by atoms with E-state index in [1.807, 2.05) is 12.1 Å². The number of fused-ring (bicyclic) bond motifs is 8. The van der Waals surface area contributed by atoms with Crippen LogP contribution in [0.25, 0.3) is 88.0 Å². The van der Waals surface area contributed by atoms with Gasteiger partial charge in [0.1, 0.15) is 11.2 Å². The number of rotatable bonds is 2. The van der Waals surface area contributed by atoms with Crippen molar-refractivity contribution in [1.82, 2.24) is 0 Å². The average molecular weight is 495 g/mol. The maximum atomic E-state index is 6.32. The van der Waals surface area contributed by atoms with E-state index in [2.05, 4.69) is 121 Å². The van der Waals surface area contributed by atoms with Gasteiger partial charge in [-0.15, -0.1) is 0 Å². The normalized spacial score (nSPS) is 12.1. The zero-order chi connectivity index (χ0) is 25.5. The monoisotopic (exact) mass is 494 g/mol. The Bertz CT molecular complexity index is 2260. The Labute approximate surface area is 225 Å². The van der Waals surface area contributed by atoms with Crippen LogP contribution in [0.3, 0.4) is 0 Å². The maximum absolute atomic E-state index is 6.32. The van der Waals surface area contributed by atoms with Gasteiger partial charge >= 0.3 is 0 Å². The van der Waals surface area contributed by atoms with Crippen LogP contribution in [0.15, 0.2) is 138 Å². The van der Waals surface area contributed by atoms with Gasteiger partial charge in [0.2, 0.25) is 0 Å². The summed E-state index contributed by atoms with van der Waals surface area (Å²) in [5, 5.41) is 7.35. The molecule has 1 aromatic heterocycles. The third-order valence-electron chi connectivity index (χ3n) is 8.41. The van der Waals surface area contributed by atoms with Gasteiger partial charge in [-0.2, -0.15) is 0 Å². The summed E-state index contributed by atoms with van der Waals surface area (Å²) >= 11 is 0. The zero-order valence-electron chi connectivity index (χ0n) is 21.1. The van der Waals surface area contributed by atoms with Crippen molar-refractivity contribution in [1.29, 1.82) is 0 Å². The van der Waals surface area contributed by atoms with Crippen molar-refractivity contribution in [2.75, 3.05) is 0 Å². The molecule has 0 atom stereocenters. The summed E-state index contributed by atoms with van der Waals surface area (Å²) in [6.07, 6.45) is 0. The molecular formula is C38H22O. The van der Waals surface area contributed by atoms with Crippen molar-refractivity contribution in [3.8, 4) is 44.5 Å². The van der Waals surface area contributed by atoms with Crippen molar-refractivity contribution in [3.05, 3.63) is 133 Å². The van der Waals surface area contributed by atoms with Crippen molar-refractivity contribution in [2.45, 2.75) is 0 Å². The van der Waals surface area contributed by atoms with E-state index in [9.17, 15) is 0 Å². The highest BCUT2D eigenvalue weighted by atomic mass is 16.3. The van der Waals surface area contributed by atoms with Crippen LogP contribution in [-0.2, 0) is 0 Å². The van der Waals surface area contributed by atoms with E-state index in [4.69, 9.17) is 4.42 Å². The molecule has 0 spiro atoms. The molecule has 0 bridgehead atoms. The van der Waals surface area contributed by atoms with Gasteiger partial charge in [-0.25, -0.2) is 0 Å². The molecule has 1 nitrogen and oxygen atoms in total. The lowest BCUT2D eigenvalue weighted by atomic mass is 9.93. The number of benzene rings is 7. The molecule has 9 rings (SSSR count). The number of para-hydroxylation sites is 1. The summed E-state index contributed by atoms with van der Waals surface area (Å²) in [5.74, 6) is 0. The second-order valence-corrected chi connectivity index (χ2v) is 10.5. The third kappa shape index (κ3) is 2.90. The van der Waals surface area contributed by atoms with E-state index in [0.717, 1.165) is 21.9 Å². The fraction of sp³-hybridized carbons (Fsp3) is 0. The SMILES string of the molecule is c1ccc2c(c1)-c1cccc3cc(-c4ccc(-c5cccc6c5ccc5c7ccccc7oc65)cc4)cc-2c13. The van der Waals surface area contributed by atoms with E-state index in [1.54, 1.807) is 0 Å². The highest BCUT2D eigenvalue weighted by Crippen LogP contribution is 2.48. The highest BCUT2D eigenvalue weighted by Gasteiger charge is 2.21. The van der Waals surface area contributed by atoms with Gasteiger partial charge in [0.15, 0.2) is 0 Å². The molecule has 1 aliphatic carbocycles. The summed E-state index contributed by atoms with van der Waals surface area (Å²) < 4.78 is 6.32. The van der Waals surface area contributed by atoms with Crippen LogP contribution in [0.2, 0.25) is 0 Å². The van der Waals surface area contributed by atoms with Crippen LogP contribution in [0.5, 0.6) is 0 Å². The molecule has 1 aliphatic rings. The predicted molar refractivity (Wildman–Crippen MR) is 164 cm³/mol. The summed E-state index contributed by atoms with van der Waals surface area (Å²) in [7, 11) is 0. The molecular weight excluding hydrogens is 472 g/mol. The minimum Gasteiger partial charge on any atom is -0.455 e. The van der Waals surface area contributed by atoms with Crippen LogP contribution in [-0.4, -0.2) is 0 Å². The first-order valence-electron chi connectivity index (χ1n) is 13.4. The summed E-state index contributed by atoms with van der Waals surface area (Å²) in [4.78, 5) is 0. The van der Waals surface area contributed by atoms with Gasteiger partial charge in [-0.05, 0) is 84.9 Å². The minimum atomic E-state index is 0.934. The Morgan fingerprint density at radius 3 is 1.90 bits per heavy atom. The molecule has 0 fully saturated rings. The summed E-state index contributed by atoms with van der Waals surface area (Å²) in [6, 6.07) is 48.4. The molecule has 0 radical (unpaired) electrons. The van der Waals surface area contributed by atoms with Gasteiger partial charge in [0, 0.05) is 16.2 Å². The lowest BCUT2D eigenvalue weighted by Crippen LogP contribution is -1.85. The molecule has 0 N–H and O–H groups in total. The topological polar surface area (TPSA) is 13.1 Å². The Morgan fingerprint density at radius 1 is 0.359 bits per heavy atom. The van der Waals surface area contributed by atoms with Crippen LogP contribution in [0.4, 0.5) is 0 Å². The summed E-state index contributed by atoms with van der Waals surface area (Å²) in [5.41, 5.74) is 12.1. The smallest absolute Gasteiger partial charge is 0.143 e. The molecule has 0 aliphatic heterocycles. The molecule has 180 valence electrons. The first kappa shape index (κ1) is 20.9. The highest BCUT2D eigenvalue weighted by molar-refractivity contribution is 6.18. The zero-order valence-corrected chi connectivity index (χ0v) is 21.1. The Hall–Kier alpha value is -5.14. The van der Waals surface area contributed by atoms with E-state index >= 15 is 0 Å². The van der Waals surface area contributed by atoms with E-state index in [-0.39, 0.29) is 0 Å².